The van der Waals surface area contributed by atoms with Crippen LogP contribution in [0, 0.1) is 40.9 Å². The number of methoxy groups -OCH3 is 2. The molecule has 3 fully saturated rings. The Balaban J connectivity index is 2.30. The SMILES string of the molecule is C=CCC(C(=O)OC)C(C(=O)OC)[C@@H]1C[C@@H]2C[C@H]([C@H]1C)C2(C)C. The first-order valence-electron chi connectivity index (χ1n) is 8.56. The van der Waals surface area contributed by atoms with Gasteiger partial charge in [0.2, 0.25) is 0 Å². The second-order valence-corrected chi connectivity index (χ2v) is 7.82. The monoisotopic (exact) mass is 322 g/mol. The number of ether oxygens (including phenoxy) is 2. The van der Waals surface area contributed by atoms with Crippen LogP contribution >= 0.6 is 0 Å². The van der Waals surface area contributed by atoms with Crippen LogP contribution in [0.4, 0.5) is 0 Å². The molecular formula is C19H30O4. The summed E-state index contributed by atoms with van der Waals surface area (Å²) in [7, 11) is 2.77. The summed E-state index contributed by atoms with van der Waals surface area (Å²) in [6.07, 6.45) is 4.35. The smallest absolute Gasteiger partial charge is 0.309 e. The lowest BCUT2D eigenvalue weighted by Crippen LogP contribution is -2.57. The van der Waals surface area contributed by atoms with Crippen molar-refractivity contribution in [2.75, 3.05) is 14.2 Å². The minimum absolute atomic E-state index is 0.170. The van der Waals surface area contributed by atoms with Crippen molar-refractivity contribution < 1.29 is 19.1 Å². The maximum Gasteiger partial charge on any atom is 0.309 e. The highest BCUT2D eigenvalue weighted by molar-refractivity contribution is 5.82. The molecule has 0 aromatic heterocycles. The highest BCUT2D eigenvalue weighted by Gasteiger charge is 2.59. The van der Waals surface area contributed by atoms with Crippen LogP contribution in [0.25, 0.3) is 0 Å². The molecule has 2 unspecified atom stereocenters. The predicted molar refractivity (Wildman–Crippen MR) is 88.5 cm³/mol. The first kappa shape index (κ1) is 18.0. The van der Waals surface area contributed by atoms with Crippen LogP contribution in [0.5, 0.6) is 0 Å². The lowest BCUT2D eigenvalue weighted by Gasteiger charge is -2.63. The highest BCUT2D eigenvalue weighted by Crippen LogP contribution is 2.64. The van der Waals surface area contributed by atoms with E-state index in [-0.39, 0.29) is 17.9 Å². The fourth-order valence-electron chi connectivity index (χ4n) is 5.16. The zero-order valence-electron chi connectivity index (χ0n) is 15.0. The average Bonchev–Trinajstić information content (AvgIpc) is 2.53. The minimum Gasteiger partial charge on any atom is -0.469 e. The molecular weight excluding hydrogens is 292 g/mol. The van der Waals surface area contributed by atoms with Crippen molar-refractivity contribution in [3.63, 3.8) is 0 Å². The molecule has 3 rings (SSSR count). The lowest BCUT2D eigenvalue weighted by atomic mass is 9.42. The second kappa shape index (κ2) is 6.66. The van der Waals surface area contributed by atoms with Gasteiger partial charge in [-0.3, -0.25) is 9.59 Å². The molecule has 4 nitrogen and oxygen atoms in total. The third-order valence-corrected chi connectivity index (χ3v) is 6.71. The molecule has 0 N–H and O–H groups in total. The maximum atomic E-state index is 12.5. The Morgan fingerprint density at radius 2 is 1.83 bits per heavy atom. The van der Waals surface area contributed by atoms with E-state index in [1.54, 1.807) is 6.08 Å². The van der Waals surface area contributed by atoms with E-state index in [2.05, 4.69) is 27.4 Å². The van der Waals surface area contributed by atoms with Crippen LogP contribution in [0.1, 0.15) is 40.0 Å². The number of carbonyl (C=O) groups excluding carboxylic acids is 2. The van der Waals surface area contributed by atoms with Gasteiger partial charge < -0.3 is 9.47 Å². The van der Waals surface area contributed by atoms with Gasteiger partial charge in [-0.1, -0.05) is 26.8 Å². The largest absolute Gasteiger partial charge is 0.469 e. The van der Waals surface area contributed by atoms with E-state index in [0.29, 0.717) is 29.6 Å². The quantitative estimate of drug-likeness (QED) is 0.555. The third-order valence-electron chi connectivity index (χ3n) is 6.71. The fourth-order valence-corrected chi connectivity index (χ4v) is 5.16. The Hall–Kier alpha value is -1.32. The van der Waals surface area contributed by atoms with Gasteiger partial charge in [0.1, 0.15) is 0 Å². The van der Waals surface area contributed by atoms with E-state index < -0.39 is 11.8 Å². The maximum absolute atomic E-state index is 12.5. The van der Waals surface area contributed by atoms with Crippen LogP contribution in [-0.4, -0.2) is 26.2 Å². The van der Waals surface area contributed by atoms with Crippen LogP contribution in [0.3, 0.4) is 0 Å². The molecule has 3 aliphatic carbocycles. The molecule has 6 atom stereocenters. The summed E-state index contributed by atoms with van der Waals surface area (Å²) >= 11 is 0. The summed E-state index contributed by atoms with van der Waals surface area (Å²) in [4.78, 5) is 24.8. The molecule has 130 valence electrons. The van der Waals surface area contributed by atoms with Crippen molar-refractivity contribution in [1.29, 1.82) is 0 Å². The van der Waals surface area contributed by atoms with E-state index >= 15 is 0 Å². The van der Waals surface area contributed by atoms with Crippen LogP contribution in [0.15, 0.2) is 12.7 Å². The molecule has 0 aliphatic heterocycles. The zero-order chi connectivity index (χ0) is 17.4. The van der Waals surface area contributed by atoms with Gasteiger partial charge in [-0.25, -0.2) is 0 Å². The normalized spacial score (nSPS) is 33.8. The van der Waals surface area contributed by atoms with Crippen molar-refractivity contribution >= 4 is 11.9 Å². The first-order chi connectivity index (χ1) is 10.8. The van der Waals surface area contributed by atoms with Gasteiger partial charge in [-0.15, -0.1) is 6.58 Å². The van der Waals surface area contributed by atoms with Crippen LogP contribution < -0.4 is 0 Å². The average molecular weight is 322 g/mol. The lowest BCUT2D eigenvalue weighted by molar-refractivity contribution is -0.176. The fraction of sp³-hybridized carbons (Fsp3) is 0.789. The molecule has 0 spiro atoms. The Labute approximate surface area is 139 Å². The molecule has 0 amide bonds. The third kappa shape index (κ3) is 2.92. The number of esters is 2. The molecule has 0 aromatic rings. The van der Waals surface area contributed by atoms with Gasteiger partial charge in [0.05, 0.1) is 26.1 Å². The van der Waals surface area contributed by atoms with Crippen LogP contribution in [0.2, 0.25) is 0 Å². The van der Waals surface area contributed by atoms with E-state index in [4.69, 9.17) is 9.47 Å². The summed E-state index contributed by atoms with van der Waals surface area (Å²) in [5.41, 5.74) is 0.343. The Bertz CT molecular complexity index is 482. The molecule has 3 saturated carbocycles. The predicted octanol–water partition coefficient (Wildman–Crippen LogP) is 3.46. The highest BCUT2D eigenvalue weighted by atomic mass is 16.5. The summed E-state index contributed by atoms with van der Waals surface area (Å²) in [5, 5.41) is 0. The topological polar surface area (TPSA) is 52.6 Å². The Morgan fingerprint density at radius 3 is 2.26 bits per heavy atom. The molecule has 0 heterocycles. The molecule has 0 aromatic carbocycles. The summed E-state index contributed by atoms with van der Waals surface area (Å²) in [6, 6.07) is 0. The van der Waals surface area contributed by atoms with E-state index in [1.807, 2.05) is 0 Å². The molecule has 23 heavy (non-hydrogen) atoms. The van der Waals surface area contributed by atoms with Crippen molar-refractivity contribution in [2.45, 2.75) is 40.0 Å². The summed E-state index contributed by atoms with van der Waals surface area (Å²) in [5.74, 6) is 0.228. The summed E-state index contributed by atoms with van der Waals surface area (Å²) < 4.78 is 10.0. The van der Waals surface area contributed by atoms with Gasteiger partial charge in [-0.2, -0.15) is 0 Å². The number of hydrogen-bond donors (Lipinski definition) is 0. The van der Waals surface area contributed by atoms with Gasteiger partial charge >= 0.3 is 11.9 Å². The van der Waals surface area contributed by atoms with Gasteiger partial charge in [0.25, 0.3) is 0 Å². The summed E-state index contributed by atoms with van der Waals surface area (Å²) in [6.45, 7) is 10.6. The Morgan fingerprint density at radius 1 is 1.22 bits per heavy atom. The van der Waals surface area contributed by atoms with Gasteiger partial charge in [0.15, 0.2) is 0 Å². The second-order valence-electron chi connectivity index (χ2n) is 7.82. The molecule has 2 bridgehead atoms. The van der Waals surface area contributed by atoms with E-state index in [0.717, 1.165) is 6.42 Å². The first-order valence-corrected chi connectivity index (χ1v) is 8.56. The number of fused-ring (bicyclic) bond motifs is 2. The molecule has 4 heteroatoms. The Kier molecular flexibility index (Phi) is 5.22. The number of carbonyl (C=O) groups is 2. The van der Waals surface area contributed by atoms with E-state index in [1.165, 1.54) is 20.6 Å². The number of rotatable bonds is 6. The number of allylic oxidation sites excluding steroid dienone is 1. The zero-order valence-corrected chi connectivity index (χ0v) is 15.0. The molecule has 0 radical (unpaired) electrons. The van der Waals surface area contributed by atoms with Crippen molar-refractivity contribution in [2.24, 2.45) is 40.9 Å². The number of hydrogen-bond acceptors (Lipinski definition) is 4. The van der Waals surface area contributed by atoms with Gasteiger partial charge in [0, 0.05) is 0 Å². The standard InChI is InChI=1S/C19H30O4/c1-7-8-13(17(20)22-5)16(18(21)23-6)14-9-12-10-15(11(14)2)19(12,3)4/h7,11-16H,1,8-10H2,2-6H3/t11-,12+,13?,14+,15+,16?/m0/s1. The van der Waals surface area contributed by atoms with Gasteiger partial charge in [-0.05, 0) is 48.3 Å². The molecule has 3 aliphatic rings. The van der Waals surface area contributed by atoms with Crippen LogP contribution in [-0.2, 0) is 19.1 Å². The van der Waals surface area contributed by atoms with Crippen molar-refractivity contribution in [1.82, 2.24) is 0 Å². The van der Waals surface area contributed by atoms with E-state index in [9.17, 15) is 9.59 Å². The molecule has 0 saturated heterocycles. The minimum atomic E-state index is -0.502. The van der Waals surface area contributed by atoms with Crippen molar-refractivity contribution in [3.8, 4) is 0 Å². The van der Waals surface area contributed by atoms with Crippen molar-refractivity contribution in [3.05, 3.63) is 12.7 Å².